The second-order valence-corrected chi connectivity index (χ2v) is 5.60. The molecule has 1 atom stereocenters. The highest BCUT2D eigenvalue weighted by molar-refractivity contribution is 5.78. The van der Waals surface area contributed by atoms with E-state index in [-0.39, 0.29) is 11.4 Å². The molecule has 2 N–H and O–H groups in total. The van der Waals surface area contributed by atoms with Crippen molar-refractivity contribution < 1.29 is 9.53 Å². The van der Waals surface area contributed by atoms with E-state index in [4.69, 9.17) is 4.74 Å². The van der Waals surface area contributed by atoms with Gasteiger partial charge in [0.2, 0.25) is 5.91 Å². The summed E-state index contributed by atoms with van der Waals surface area (Å²) in [5, 5.41) is 6.23. The van der Waals surface area contributed by atoms with Crippen molar-refractivity contribution in [2.45, 2.75) is 45.6 Å². The van der Waals surface area contributed by atoms with Crippen LogP contribution in [0.2, 0.25) is 0 Å². The summed E-state index contributed by atoms with van der Waals surface area (Å²) < 4.78 is 5.44. The van der Waals surface area contributed by atoms with Gasteiger partial charge in [0.1, 0.15) is 0 Å². The summed E-state index contributed by atoms with van der Waals surface area (Å²) >= 11 is 0. The van der Waals surface area contributed by atoms with E-state index in [0.717, 1.165) is 32.4 Å². The smallest absolute Gasteiger partial charge is 0.233 e. The lowest BCUT2D eigenvalue weighted by atomic mass is 9.95. The van der Waals surface area contributed by atoms with Gasteiger partial charge in [-0.2, -0.15) is 0 Å². The highest BCUT2D eigenvalue weighted by Crippen LogP contribution is 2.17. The molecular weight excluding hydrogens is 216 g/mol. The van der Waals surface area contributed by atoms with Crippen molar-refractivity contribution >= 4 is 5.91 Å². The van der Waals surface area contributed by atoms with Crippen LogP contribution < -0.4 is 10.6 Å². The first kappa shape index (κ1) is 14.5. The summed E-state index contributed by atoms with van der Waals surface area (Å²) in [6.07, 6.45) is 3.18. The monoisotopic (exact) mass is 242 g/mol. The molecule has 0 aromatic carbocycles. The zero-order chi connectivity index (χ0) is 12.7. The van der Waals surface area contributed by atoms with E-state index in [0.29, 0.717) is 19.1 Å². The average molecular weight is 242 g/mol. The van der Waals surface area contributed by atoms with Crippen LogP contribution in [-0.2, 0) is 9.53 Å². The average Bonchev–Trinajstić information content (AvgIpc) is 2.27. The van der Waals surface area contributed by atoms with Gasteiger partial charge in [0.05, 0.1) is 13.2 Å². The third kappa shape index (κ3) is 6.03. The summed E-state index contributed by atoms with van der Waals surface area (Å²) in [6.45, 7) is 9.14. The fourth-order valence-electron chi connectivity index (χ4n) is 1.93. The van der Waals surface area contributed by atoms with E-state index in [1.165, 1.54) is 0 Å². The van der Waals surface area contributed by atoms with Gasteiger partial charge in [-0.05, 0) is 32.1 Å². The molecule has 0 spiro atoms. The van der Waals surface area contributed by atoms with E-state index >= 15 is 0 Å². The third-order valence-electron chi connectivity index (χ3n) is 3.16. The van der Waals surface area contributed by atoms with E-state index in [1.54, 1.807) is 0 Å². The fourth-order valence-corrected chi connectivity index (χ4v) is 1.93. The summed E-state index contributed by atoms with van der Waals surface area (Å²) in [4.78, 5) is 11.6. The molecule has 4 heteroatoms. The molecule has 1 aliphatic heterocycles. The minimum Gasteiger partial charge on any atom is -0.380 e. The molecule has 100 valence electrons. The predicted octanol–water partition coefficient (Wildman–Crippen LogP) is 1.31. The van der Waals surface area contributed by atoms with Gasteiger partial charge in [-0.25, -0.2) is 0 Å². The van der Waals surface area contributed by atoms with Crippen molar-refractivity contribution in [2.75, 3.05) is 26.3 Å². The van der Waals surface area contributed by atoms with E-state index in [2.05, 4.69) is 31.4 Å². The van der Waals surface area contributed by atoms with Crippen molar-refractivity contribution in [3.8, 4) is 0 Å². The largest absolute Gasteiger partial charge is 0.380 e. The summed E-state index contributed by atoms with van der Waals surface area (Å²) in [5.74, 6) is 0.713. The Labute approximate surface area is 104 Å². The van der Waals surface area contributed by atoms with Crippen LogP contribution in [0.4, 0.5) is 0 Å². The first-order chi connectivity index (χ1) is 8.02. The molecule has 0 aromatic rings. The normalized spacial score (nSPS) is 24.9. The Morgan fingerprint density at radius 1 is 1.47 bits per heavy atom. The van der Waals surface area contributed by atoms with Gasteiger partial charge in [0, 0.05) is 18.7 Å². The molecule has 1 fully saturated rings. The van der Waals surface area contributed by atoms with E-state index in [9.17, 15) is 4.79 Å². The molecule has 1 heterocycles. The van der Waals surface area contributed by atoms with Gasteiger partial charge in [0.25, 0.3) is 0 Å². The van der Waals surface area contributed by atoms with Crippen LogP contribution in [0.25, 0.3) is 0 Å². The zero-order valence-electron chi connectivity index (χ0n) is 11.3. The first-order valence-electron chi connectivity index (χ1n) is 6.61. The number of hydrogen-bond acceptors (Lipinski definition) is 3. The van der Waals surface area contributed by atoms with Crippen molar-refractivity contribution in [1.82, 2.24) is 10.6 Å². The molecule has 4 nitrogen and oxygen atoms in total. The molecule has 0 bridgehead atoms. The second kappa shape index (κ2) is 6.97. The molecule has 1 saturated heterocycles. The number of rotatable bonds is 6. The van der Waals surface area contributed by atoms with E-state index < -0.39 is 0 Å². The highest BCUT2D eigenvalue weighted by Gasteiger charge is 2.27. The van der Waals surface area contributed by atoms with Gasteiger partial charge in [0.15, 0.2) is 0 Å². The second-order valence-electron chi connectivity index (χ2n) is 5.60. The lowest BCUT2D eigenvalue weighted by Gasteiger charge is -2.34. The maximum absolute atomic E-state index is 11.6. The Morgan fingerprint density at radius 2 is 2.24 bits per heavy atom. The van der Waals surface area contributed by atoms with E-state index in [1.807, 2.05) is 0 Å². The summed E-state index contributed by atoms with van der Waals surface area (Å²) in [7, 11) is 0. The Bertz CT molecular complexity index is 236. The van der Waals surface area contributed by atoms with Crippen molar-refractivity contribution in [3.05, 3.63) is 0 Å². The predicted molar refractivity (Wildman–Crippen MR) is 68.9 cm³/mol. The number of nitrogens with one attached hydrogen (secondary N) is 2. The van der Waals surface area contributed by atoms with Crippen LogP contribution in [0.5, 0.6) is 0 Å². The number of carbonyl (C=O) groups excluding carboxylic acids is 1. The van der Waals surface area contributed by atoms with Crippen LogP contribution >= 0.6 is 0 Å². The zero-order valence-corrected chi connectivity index (χ0v) is 11.3. The number of amides is 1. The van der Waals surface area contributed by atoms with Gasteiger partial charge >= 0.3 is 0 Å². The van der Waals surface area contributed by atoms with Crippen molar-refractivity contribution in [3.63, 3.8) is 0 Å². The first-order valence-corrected chi connectivity index (χ1v) is 6.61. The number of carbonyl (C=O) groups is 1. The summed E-state index contributed by atoms with van der Waals surface area (Å²) in [6, 6.07) is 0. The quantitative estimate of drug-likeness (QED) is 0.738. The van der Waals surface area contributed by atoms with Crippen LogP contribution in [0.1, 0.15) is 40.0 Å². The molecule has 1 unspecified atom stereocenters. The van der Waals surface area contributed by atoms with Crippen LogP contribution in [0, 0.1) is 5.92 Å². The molecule has 0 saturated carbocycles. The lowest BCUT2D eigenvalue weighted by Crippen LogP contribution is -2.52. The minimum atomic E-state index is -0.0341. The molecule has 1 amide bonds. The SMILES string of the molecule is CC(C)CCNC(=O)CNC1(C)CCCOC1. The minimum absolute atomic E-state index is 0.0341. The fraction of sp³-hybridized carbons (Fsp3) is 0.923. The van der Waals surface area contributed by atoms with Gasteiger partial charge in [-0.1, -0.05) is 13.8 Å². The van der Waals surface area contributed by atoms with Crippen molar-refractivity contribution in [1.29, 1.82) is 0 Å². The standard InChI is InChI=1S/C13H26N2O2/c1-11(2)5-7-14-12(16)9-15-13(3)6-4-8-17-10-13/h11,15H,4-10H2,1-3H3,(H,14,16). The van der Waals surface area contributed by atoms with Crippen LogP contribution in [0.3, 0.4) is 0 Å². The van der Waals surface area contributed by atoms with Crippen LogP contribution in [-0.4, -0.2) is 37.7 Å². The van der Waals surface area contributed by atoms with Gasteiger partial charge in [-0.15, -0.1) is 0 Å². The third-order valence-corrected chi connectivity index (χ3v) is 3.16. The Balaban J connectivity index is 2.14. The molecule has 1 aliphatic rings. The molecule has 0 aliphatic carbocycles. The van der Waals surface area contributed by atoms with Gasteiger partial charge < -0.3 is 15.4 Å². The maximum Gasteiger partial charge on any atom is 0.233 e. The van der Waals surface area contributed by atoms with Gasteiger partial charge in [-0.3, -0.25) is 4.79 Å². The maximum atomic E-state index is 11.6. The molecule has 0 radical (unpaired) electrons. The Kier molecular flexibility index (Phi) is 5.92. The lowest BCUT2D eigenvalue weighted by molar-refractivity contribution is -0.120. The Morgan fingerprint density at radius 3 is 2.82 bits per heavy atom. The molecule has 17 heavy (non-hydrogen) atoms. The highest BCUT2D eigenvalue weighted by atomic mass is 16.5. The number of ether oxygens (including phenoxy) is 1. The Hall–Kier alpha value is -0.610. The van der Waals surface area contributed by atoms with Crippen LogP contribution in [0.15, 0.2) is 0 Å². The topological polar surface area (TPSA) is 50.4 Å². The number of hydrogen-bond donors (Lipinski definition) is 2. The molecule has 1 rings (SSSR count). The molecule has 0 aromatic heterocycles. The van der Waals surface area contributed by atoms with Crippen molar-refractivity contribution in [2.24, 2.45) is 5.92 Å². The molecular formula is C13H26N2O2. The summed E-state index contributed by atoms with van der Waals surface area (Å²) in [5.41, 5.74) is -0.0341.